The number of alkyl halides is 3. The van der Waals surface area contributed by atoms with Crippen LogP contribution in [0.2, 0.25) is 0 Å². The van der Waals surface area contributed by atoms with E-state index in [4.69, 9.17) is 4.74 Å². The quantitative estimate of drug-likeness (QED) is 0.722. The summed E-state index contributed by atoms with van der Waals surface area (Å²) in [5, 5.41) is 13.2. The molecule has 1 aromatic carbocycles. The van der Waals surface area contributed by atoms with Gasteiger partial charge in [0.1, 0.15) is 5.75 Å². The number of hydrogen-bond donors (Lipinski definition) is 2. The van der Waals surface area contributed by atoms with Crippen molar-refractivity contribution in [3.63, 3.8) is 0 Å². The summed E-state index contributed by atoms with van der Waals surface area (Å²) < 4.78 is 44.8. The summed E-state index contributed by atoms with van der Waals surface area (Å²) in [6.07, 6.45) is -4.38. The summed E-state index contributed by atoms with van der Waals surface area (Å²) >= 11 is 0. The molecule has 7 heteroatoms. The first-order chi connectivity index (χ1) is 9.72. The highest BCUT2D eigenvalue weighted by atomic mass is 19.4. The second kappa shape index (κ2) is 7.63. The van der Waals surface area contributed by atoms with Gasteiger partial charge in [0.15, 0.2) is 0 Å². The fraction of sp³-hybridized carbons (Fsp3) is 0.571. The minimum atomic E-state index is -4.70. The Morgan fingerprint density at radius 2 is 1.81 bits per heavy atom. The monoisotopic (exact) mass is 307 g/mol. The third kappa shape index (κ3) is 7.89. The smallest absolute Gasteiger partial charge is 0.406 e. The zero-order valence-corrected chi connectivity index (χ0v) is 12.0. The molecule has 0 fully saturated rings. The van der Waals surface area contributed by atoms with E-state index >= 15 is 0 Å². The van der Waals surface area contributed by atoms with Crippen LogP contribution in [0.25, 0.3) is 0 Å². The molecular formula is C14H20F3NO3. The Bertz CT molecular complexity index is 418. The number of ether oxygens (including phenoxy) is 2. The van der Waals surface area contributed by atoms with Crippen molar-refractivity contribution >= 4 is 0 Å². The van der Waals surface area contributed by atoms with Gasteiger partial charge in [-0.1, -0.05) is 12.1 Å². The van der Waals surface area contributed by atoms with Gasteiger partial charge >= 0.3 is 6.36 Å². The lowest BCUT2D eigenvalue weighted by molar-refractivity contribution is -0.274. The van der Waals surface area contributed by atoms with Gasteiger partial charge in [-0.2, -0.15) is 0 Å². The number of hydrogen-bond acceptors (Lipinski definition) is 4. The number of nitrogens with one attached hydrogen (secondary N) is 1. The molecule has 120 valence electrons. The molecule has 21 heavy (non-hydrogen) atoms. The second-order valence-corrected chi connectivity index (χ2v) is 5.04. The van der Waals surface area contributed by atoms with E-state index in [9.17, 15) is 18.3 Å². The summed E-state index contributed by atoms with van der Waals surface area (Å²) in [7, 11) is 1.59. The summed E-state index contributed by atoms with van der Waals surface area (Å²) in [5.74, 6) is -0.274. The van der Waals surface area contributed by atoms with E-state index in [1.54, 1.807) is 14.0 Å². The SMILES string of the molecule is COCCNCC(C)(O)Cc1ccc(OC(F)(F)F)cc1. The van der Waals surface area contributed by atoms with Crippen molar-refractivity contribution in [2.75, 3.05) is 26.8 Å². The fourth-order valence-corrected chi connectivity index (χ4v) is 1.84. The van der Waals surface area contributed by atoms with Crippen molar-refractivity contribution < 1.29 is 27.8 Å². The molecule has 2 N–H and O–H groups in total. The van der Waals surface area contributed by atoms with E-state index in [1.807, 2.05) is 0 Å². The summed E-state index contributed by atoms with van der Waals surface area (Å²) in [6.45, 7) is 3.18. The summed E-state index contributed by atoms with van der Waals surface area (Å²) in [5.41, 5.74) is -0.275. The van der Waals surface area contributed by atoms with E-state index in [2.05, 4.69) is 10.1 Å². The molecule has 0 aliphatic rings. The molecule has 1 aromatic rings. The molecule has 0 saturated heterocycles. The van der Waals surface area contributed by atoms with Crippen LogP contribution < -0.4 is 10.1 Å². The number of benzene rings is 1. The van der Waals surface area contributed by atoms with Crippen LogP contribution in [0.15, 0.2) is 24.3 Å². The predicted molar refractivity (Wildman–Crippen MR) is 72.2 cm³/mol. The van der Waals surface area contributed by atoms with E-state index < -0.39 is 12.0 Å². The number of aliphatic hydroxyl groups is 1. The Morgan fingerprint density at radius 1 is 1.19 bits per heavy atom. The molecule has 1 atom stereocenters. The Kier molecular flexibility index (Phi) is 6.44. The average Bonchev–Trinajstić information content (AvgIpc) is 2.35. The topological polar surface area (TPSA) is 50.7 Å². The first-order valence-corrected chi connectivity index (χ1v) is 6.48. The van der Waals surface area contributed by atoms with Gasteiger partial charge in [0.05, 0.1) is 12.2 Å². The van der Waals surface area contributed by atoms with Gasteiger partial charge in [-0.15, -0.1) is 13.2 Å². The van der Waals surface area contributed by atoms with Crippen molar-refractivity contribution in [1.82, 2.24) is 5.32 Å². The van der Waals surface area contributed by atoms with Gasteiger partial charge in [-0.3, -0.25) is 0 Å². The molecule has 0 radical (unpaired) electrons. The molecule has 0 bridgehead atoms. The first-order valence-electron chi connectivity index (χ1n) is 6.48. The van der Waals surface area contributed by atoms with Crippen LogP contribution in [-0.4, -0.2) is 43.9 Å². The van der Waals surface area contributed by atoms with Crippen LogP contribution in [0.4, 0.5) is 13.2 Å². The van der Waals surface area contributed by atoms with Gasteiger partial charge < -0.3 is 19.9 Å². The molecule has 0 amide bonds. The number of rotatable bonds is 8. The van der Waals surface area contributed by atoms with Gasteiger partial charge in [0, 0.05) is 26.6 Å². The van der Waals surface area contributed by atoms with Crippen LogP contribution >= 0.6 is 0 Å². The normalized spacial score (nSPS) is 14.8. The Balaban J connectivity index is 2.50. The van der Waals surface area contributed by atoms with E-state index in [1.165, 1.54) is 24.3 Å². The highest BCUT2D eigenvalue weighted by Gasteiger charge is 2.31. The molecule has 0 aliphatic carbocycles. The van der Waals surface area contributed by atoms with Gasteiger partial charge in [0.2, 0.25) is 0 Å². The molecule has 0 heterocycles. The molecule has 4 nitrogen and oxygen atoms in total. The fourth-order valence-electron chi connectivity index (χ4n) is 1.84. The van der Waals surface area contributed by atoms with Crippen molar-refractivity contribution in [3.8, 4) is 5.75 Å². The molecule has 1 rings (SSSR count). The lowest BCUT2D eigenvalue weighted by Gasteiger charge is -2.24. The largest absolute Gasteiger partial charge is 0.573 e. The second-order valence-electron chi connectivity index (χ2n) is 5.04. The lowest BCUT2D eigenvalue weighted by Crippen LogP contribution is -2.40. The minimum Gasteiger partial charge on any atom is -0.406 e. The molecule has 1 unspecified atom stereocenters. The lowest BCUT2D eigenvalue weighted by atomic mass is 9.96. The van der Waals surface area contributed by atoms with Crippen LogP contribution in [0, 0.1) is 0 Å². The van der Waals surface area contributed by atoms with E-state index in [0.717, 1.165) is 5.56 Å². The average molecular weight is 307 g/mol. The number of halogens is 3. The summed E-state index contributed by atoms with van der Waals surface area (Å²) in [6, 6.07) is 5.48. The predicted octanol–water partition coefficient (Wildman–Crippen LogP) is 2.11. The maximum absolute atomic E-state index is 12.0. The van der Waals surface area contributed by atoms with Gasteiger partial charge in [-0.25, -0.2) is 0 Å². The van der Waals surface area contributed by atoms with Crippen LogP contribution in [0.5, 0.6) is 5.75 Å². The minimum absolute atomic E-state index is 0.274. The Morgan fingerprint density at radius 3 is 2.33 bits per heavy atom. The van der Waals surface area contributed by atoms with E-state index in [-0.39, 0.29) is 5.75 Å². The maximum Gasteiger partial charge on any atom is 0.573 e. The molecule has 0 aromatic heterocycles. The van der Waals surface area contributed by atoms with Crippen LogP contribution in [-0.2, 0) is 11.2 Å². The van der Waals surface area contributed by atoms with Crippen molar-refractivity contribution in [1.29, 1.82) is 0 Å². The molecule has 0 spiro atoms. The summed E-state index contributed by atoms with van der Waals surface area (Å²) in [4.78, 5) is 0. The highest BCUT2D eigenvalue weighted by Crippen LogP contribution is 2.23. The molecule has 0 saturated carbocycles. The highest BCUT2D eigenvalue weighted by molar-refractivity contribution is 5.28. The van der Waals surface area contributed by atoms with Crippen LogP contribution in [0.1, 0.15) is 12.5 Å². The van der Waals surface area contributed by atoms with Gasteiger partial charge in [0.25, 0.3) is 0 Å². The van der Waals surface area contributed by atoms with Crippen molar-refractivity contribution in [2.45, 2.75) is 25.3 Å². The maximum atomic E-state index is 12.0. The zero-order chi connectivity index (χ0) is 15.9. The zero-order valence-electron chi connectivity index (χ0n) is 12.0. The van der Waals surface area contributed by atoms with Crippen molar-refractivity contribution in [3.05, 3.63) is 29.8 Å². The number of methoxy groups -OCH3 is 1. The Hall–Kier alpha value is -1.31. The molecule has 0 aliphatic heterocycles. The third-order valence-electron chi connectivity index (χ3n) is 2.73. The van der Waals surface area contributed by atoms with Crippen LogP contribution in [0.3, 0.4) is 0 Å². The molecular weight excluding hydrogens is 287 g/mol. The van der Waals surface area contributed by atoms with E-state index in [0.29, 0.717) is 26.1 Å². The third-order valence-corrected chi connectivity index (χ3v) is 2.73. The van der Waals surface area contributed by atoms with Crippen molar-refractivity contribution in [2.24, 2.45) is 0 Å². The van der Waals surface area contributed by atoms with Gasteiger partial charge in [-0.05, 0) is 24.6 Å². The Labute approximate surface area is 121 Å². The standard InChI is InChI=1S/C14H20F3NO3/c1-13(19,10-18-7-8-20-2)9-11-3-5-12(6-4-11)21-14(15,16)17/h3-6,18-19H,7-10H2,1-2H3. The first kappa shape index (κ1) is 17.7.